The monoisotopic (exact) mass is 226 g/mol. The van der Waals surface area contributed by atoms with Gasteiger partial charge < -0.3 is 19.2 Å². The van der Waals surface area contributed by atoms with Gasteiger partial charge in [-0.15, -0.1) is 0 Å². The first kappa shape index (κ1) is 13.6. The molecule has 0 bridgehead atoms. The number of carbonyl (C=O) groups excluding carboxylic acids is 1. The zero-order valence-corrected chi connectivity index (χ0v) is 10.1. The third-order valence-electron chi connectivity index (χ3n) is 2.43. The summed E-state index contributed by atoms with van der Waals surface area (Å²) in [5.41, 5.74) is 0.840. The number of carbonyl (C=O) groups is 1. The Bertz CT molecular complexity index is 538. The number of hydrogen-bond acceptors (Lipinski definition) is 5. The minimum Gasteiger partial charge on any atom is -0.545 e. The van der Waals surface area contributed by atoms with Crippen LogP contribution < -0.4 is 28.9 Å². The second-order valence-electron chi connectivity index (χ2n) is 3.45. The number of oxazole rings is 1. The van der Waals surface area contributed by atoms with Crippen LogP contribution in [-0.4, -0.2) is 24.5 Å². The van der Waals surface area contributed by atoms with Crippen molar-refractivity contribution in [3.05, 3.63) is 23.8 Å². The molecule has 0 aliphatic heterocycles. The number of benzene rings is 1. The van der Waals surface area contributed by atoms with E-state index in [0.29, 0.717) is 17.1 Å². The number of carboxylic acids is 1. The van der Waals surface area contributed by atoms with Crippen molar-refractivity contribution in [3.8, 4) is 0 Å². The second kappa shape index (κ2) is 5.26. The summed E-state index contributed by atoms with van der Waals surface area (Å²) in [5, 5.41) is 10.9. The van der Waals surface area contributed by atoms with Crippen molar-refractivity contribution in [3.63, 3.8) is 0 Å². The van der Waals surface area contributed by atoms with Crippen LogP contribution >= 0.6 is 0 Å². The van der Waals surface area contributed by atoms with Gasteiger partial charge in [-0.3, -0.25) is 0 Å². The van der Waals surface area contributed by atoms with Crippen LogP contribution in [0.3, 0.4) is 0 Å². The fraction of sp³-hybridized carbons (Fsp3) is 0.273. The average Bonchev–Trinajstić information content (AvgIpc) is 2.70. The molecule has 0 aliphatic carbocycles. The zero-order valence-electron chi connectivity index (χ0n) is 10.1. The number of rotatable bonds is 3. The average molecular weight is 226 g/mol. The fourth-order valence-electron chi connectivity index (χ4n) is 1.40. The first-order chi connectivity index (χ1) is 7.63. The van der Waals surface area contributed by atoms with E-state index in [1.54, 1.807) is 17.0 Å². The summed E-state index contributed by atoms with van der Waals surface area (Å²) in [6.45, 7) is 2.68. The van der Waals surface area contributed by atoms with E-state index >= 15 is 0 Å². The van der Waals surface area contributed by atoms with E-state index in [2.05, 4.69) is 4.98 Å². The van der Waals surface area contributed by atoms with Crippen LogP contribution in [0.25, 0.3) is 11.1 Å². The van der Waals surface area contributed by atoms with E-state index in [0.717, 1.165) is 6.54 Å². The number of hydrogen-bond donors (Lipinski definition) is 0. The number of anilines is 1. The molecule has 0 radical (unpaired) electrons. The van der Waals surface area contributed by atoms with E-state index in [1.807, 2.05) is 14.0 Å². The Labute approximate surface area is 111 Å². The van der Waals surface area contributed by atoms with Gasteiger partial charge in [0.05, 0.1) is 5.97 Å². The Balaban J connectivity index is 0.00000144. The van der Waals surface area contributed by atoms with Gasteiger partial charge in [0.1, 0.15) is 5.52 Å². The zero-order chi connectivity index (χ0) is 11.7. The van der Waals surface area contributed by atoms with Crippen LogP contribution in [0.15, 0.2) is 22.6 Å². The molecule has 2 rings (SSSR count). The largest absolute Gasteiger partial charge is 1.00 e. The molecule has 0 amide bonds. The van der Waals surface area contributed by atoms with E-state index in [1.165, 1.54) is 6.07 Å². The predicted octanol–water partition coefficient (Wildman–Crippen LogP) is -2.35. The molecule has 0 aliphatic rings. The summed E-state index contributed by atoms with van der Waals surface area (Å²) in [4.78, 5) is 16.8. The van der Waals surface area contributed by atoms with Gasteiger partial charge in [0, 0.05) is 19.2 Å². The van der Waals surface area contributed by atoms with Crippen molar-refractivity contribution in [2.24, 2.45) is 0 Å². The maximum absolute atomic E-state index is 10.9. The van der Waals surface area contributed by atoms with Crippen LogP contribution in [-0.2, 0) is 0 Å². The Morgan fingerprint density at radius 2 is 2.24 bits per heavy atom. The second-order valence-corrected chi connectivity index (χ2v) is 3.45. The molecular weight excluding hydrogens is 215 g/mol. The van der Waals surface area contributed by atoms with Gasteiger partial charge in [-0.05, 0) is 13.0 Å². The number of fused-ring (bicyclic) bond motifs is 1. The van der Waals surface area contributed by atoms with Gasteiger partial charge in [0.25, 0.3) is 6.01 Å². The maximum atomic E-state index is 10.9. The van der Waals surface area contributed by atoms with Crippen molar-refractivity contribution < 1.29 is 33.2 Å². The normalized spacial score (nSPS) is 10.0. The summed E-state index contributed by atoms with van der Waals surface area (Å²) < 4.78 is 5.44. The summed E-state index contributed by atoms with van der Waals surface area (Å²) in [6, 6.07) is 5.15. The third-order valence-corrected chi connectivity index (χ3v) is 2.43. The van der Waals surface area contributed by atoms with Gasteiger partial charge >= 0.3 is 18.9 Å². The molecule has 1 aromatic carbocycles. The molecule has 0 saturated carbocycles. The number of aromatic nitrogens is 1. The maximum Gasteiger partial charge on any atom is 1.00 e. The molecule has 17 heavy (non-hydrogen) atoms. The van der Waals surface area contributed by atoms with Crippen molar-refractivity contribution >= 4 is 23.1 Å². The molecule has 1 heterocycles. The van der Waals surface area contributed by atoms with Crippen LogP contribution in [0.1, 0.15) is 17.3 Å². The summed E-state index contributed by atoms with van der Waals surface area (Å²) in [6.07, 6.45) is 0. The molecule has 0 unspecified atom stereocenters. The molecule has 0 spiro atoms. The molecule has 0 saturated heterocycles. The molecule has 1 aromatic heterocycles. The van der Waals surface area contributed by atoms with Crippen molar-refractivity contribution in [1.82, 2.24) is 4.98 Å². The van der Waals surface area contributed by atoms with Gasteiger partial charge in [-0.25, -0.2) is 0 Å². The Morgan fingerprint density at radius 1 is 1.53 bits per heavy atom. The Kier molecular flexibility index (Phi) is 4.21. The minimum atomic E-state index is -1.25. The van der Waals surface area contributed by atoms with Crippen LogP contribution in [0.2, 0.25) is 0 Å². The molecule has 6 heteroatoms. The summed E-state index contributed by atoms with van der Waals surface area (Å²) in [5.74, 6) is -1.25. The summed E-state index contributed by atoms with van der Waals surface area (Å²) >= 11 is 0. The number of carboxylic acid groups (broad SMARTS) is 1. The molecule has 0 atom stereocenters. The van der Waals surface area contributed by atoms with Gasteiger partial charge in [0.15, 0.2) is 5.58 Å². The third kappa shape index (κ3) is 2.46. The first-order valence-electron chi connectivity index (χ1n) is 4.95. The van der Waals surface area contributed by atoms with Crippen LogP contribution in [0.5, 0.6) is 0 Å². The molecule has 0 N–H and O–H groups in total. The molecule has 84 valence electrons. The van der Waals surface area contributed by atoms with Crippen LogP contribution in [0, 0.1) is 0 Å². The SMILES string of the molecule is CCN(C)c1nc2c(C(=O)[O-])cccc2o1.[Li+]. The van der Waals surface area contributed by atoms with E-state index < -0.39 is 5.97 Å². The van der Waals surface area contributed by atoms with Crippen molar-refractivity contribution in [2.75, 3.05) is 18.5 Å². The Morgan fingerprint density at radius 3 is 2.82 bits per heavy atom. The molecule has 0 fully saturated rings. The summed E-state index contributed by atoms with van der Waals surface area (Å²) in [7, 11) is 1.82. The van der Waals surface area contributed by atoms with E-state index in [-0.39, 0.29) is 24.4 Å². The minimum absolute atomic E-state index is 0. The smallest absolute Gasteiger partial charge is 0.545 e. The van der Waals surface area contributed by atoms with Gasteiger partial charge in [0.2, 0.25) is 0 Å². The first-order valence-corrected chi connectivity index (χ1v) is 4.95. The van der Waals surface area contributed by atoms with Gasteiger partial charge in [-0.2, -0.15) is 4.98 Å². The fourth-order valence-corrected chi connectivity index (χ4v) is 1.40. The van der Waals surface area contributed by atoms with Crippen LogP contribution in [0.4, 0.5) is 6.01 Å². The predicted molar refractivity (Wildman–Crippen MR) is 57.3 cm³/mol. The van der Waals surface area contributed by atoms with Crippen molar-refractivity contribution in [1.29, 1.82) is 0 Å². The molecule has 2 aromatic rings. The standard InChI is InChI=1S/C11H12N2O3.Li/c1-3-13(2)11-12-9-7(10(14)15)5-4-6-8(9)16-11;/h4-6H,3H2,1-2H3,(H,14,15);/q;+1/p-1. The quantitative estimate of drug-likeness (QED) is 0.548. The Hall–Kier alpha value is -1.44. The number of para-hydroxylation sites is 1. The van der Waals surface area contributed by atoms with Gasteiger partial charge in [-0.1, -0.05) is 12.1 Å². The van der Waals surface area contributed by atoms with E-state index in [4.69, 9.17) is 4.42 Å². The number of nitrogens with zero attached hydrogens (tertiary/aromatic N) is 2. The molecular formula is C11H11LiN2O3. The number of aromatic carboxylic acids is 1. The van der Waals surface area contributed by atoms with Crippen molar-refractivity contribution in [2.45, 2.75) is 6.92 Å². The topological polar surface area (TPSA) is 69.4 Å². The molecule has 5 nitrogen and oxygen atoms in total. The van der Waals surface area contributed by atoms with E-state index in [9.17, 15) is 9.90 Å².